The lowest BCUT2D eigenvalue weighted by molar-refractivity contribution is 1.22. The molecule has 17 heavy (non-hydrogen) atoms. The minimum atomic E-state index is 1.05. The number of rotatable bonds is 3. The van der Waals surface area contributed by atoms with Gasteiger partial charge in [-0.3, -0.25) is 0 Å². The Morgan fingerprint density at radius 2 is 1.47 bits per heavy atom. The summed E-state index contributed by atoms with van der Waals surface area (Å²) in [6.07, 6.45) is 3.35. The van der Waals surface area contributed by atoms with Gasteiger partial charge >= 0.3 is 0 Å². The van der Waals surface area contributed by atoms with E-state index in [4.69, 9.17) is 0 Å². The number of benzene rings is 2. The van der Waals surface area contributed by atoms with Gasteiger partial charge in [-0.25, -0.2) is 0 Å². The van der Waals surface area contributed by atoms with Crippen LogP contribution in [0.1, 0.15) is 30.0 Å². The first kappa shape index (κ1) is 11.7. The van der Waals surface area contributed by atoms with Crippen molar-refractivity contribution in [2.75, 3.05) is 0 Å². The topological polar surface area (TPSA) is 0 Å². The summed E-state index contributed by atoms with van der Waals surface area (Å²) in [6, 6.07) is 19.3. The van der Waals surface area contributed by atoms with Crippen molar-refractivity contribution in [1.29, 1.82) is 0 Å². The van der Waals surface area contributed by atoms with Crippen molar-refractivity contribution in [3.63, 3.8) is 0 Å². The molecule has 0 spiro atoms. The molecule has 2 aromatic rings. The first-order valence-corrected chi connectivity index (χ1v) is 6.14. The van der Waals surface area contributed by atoms with E-state index in [1.54, 1.807) is 0 Å². The van der Waals surface area contributed by atoms with Crippen LogP contribution in [0.3, 0.4) is 0 Å². The summed E-state index contributed by atoms with van der Waals surface area (Å²) >= 11 is 0. The molecular weight excluding hydrogens is 204 g/mol. The molecule has 0 aliphatic carbocycles. The van der Waals surface area contributed by atoms with Gasteiger partial charge in [0.15, 0.2) is 0 Å². The summed E-state index contributed by atoms with van der Waals surface area (Å²) < 4.78 is 0. The fourth-order valence-electron chi connectivity index (χ4n) is 1.96. The lowest BCUT2D eigenvalue weighted by Crippen LogP contribution is -1.88. The lowest BCUT2D eigenvalue weighted by atomic mass is 9.96. The SMILES string of the molecule is CC/C=C(/c1ccccc1)c1ccc(C)cc1. The summed E-state index contributed by atoms with van der Waals surface area (Å²) in [5.41, 5.74) is 5.22. The normalized spacial score (nSPS) is 11.5. The second-order valence-electron chi connectivity index (χ2n) is 4.26. The molecule has 0 saturated carbocycles. The highest BCUT2D eigenvalue weighted by molar-refractivity contribution is 5.79. The van der Waals surface area contributed by atoms with E-state index in [1.165, 1.54) is 22.3 Å². The molecule has 2 rings (SSSR count). The summed E-state index contributed by atoms with van der Waals surface area (Å²) in [7, 11) is 0. The van der Waals surface area contributed by atoms with Gasteiger partial charge in [-0.1, -0.05) is 73.2 Å². The third kappa shape index (κ3) is 2.85. The fourth-order valence-corrected chi connectivity index (χ4v) is 1.96. The zero-order valence-electron chi connectivity index (χ0n) is 10.5. The van der Waals surface area contributed by atoms with Crippen molar-refractivity contribution in [1.82, 2.24) is 0 Å². The minimum absolute atomic E-state index is 1.05. The Morgan fingerprint density at radius 1 is 0.882 bits per heavy atom. The van der Waals surface area contributed by atoms with Crippen LogP contribution in [-0.2, 0) is 0 Å². The smallest absolute Gasteiger partial charge is 0.0151 e. The Labute approximate surface area is 104 Å². The summed E-state index contributed by atoms with van der Waals surface area (Å²) in [5.74, 6) is 0. The van der Waals surface area contributed by atoms with Crippen molar-refractivity contribution < 1.29 is 0 Å². The number of hydrogen-bond acceptors (Lipinski definition) is 0. The van der Waals surface area contributed by atoms with Gasteiger partial charge in [0.25, 0.3) is 0 Å². The van der Waals surface area contributed by atoms with E-state index < -0.39 is 0 Å². The Kier molecular flexibility index (Phi) is 3.77. The molecule has 0 heteroatoms. The van der Waals surface area contributed by atoms with Crippen molar-refractivity contribution in [2.45, 2.75) is 20.3 Å². The molecule has 86 valence electrons. The van der Waals surface area contributed by atoms with E-state index in [9.17, 15) is 0 Å². The maximum atomic E-state index is 2.29. The first-order valence-electron chi connectivity index (χ1n) is 6.14. The highest BCUT2D eigenvalue weighted by Gasteiger charge is 2.03. The first-order chi connectivity index (χ1) is 8.31. The summed E-state index contributed by atoms with van der Waals surface area (Å²) in [6.45, 7) is 4.30. The minimum Gasteiger partial charge on any atom is -0.0763 e. The number of hydrogen-bond donors (Lipinski definition) is 0. The van der Waals surface area contributed by atoms with Gasteiger partial charge < -0.3 is 0 Å². The van der Waals surface area contributed by atoms with E-state index in [1.807, 2.05) is 0 Å². The molecule has 2 aromatic carbocycles. The van der Waals surface area contributed by atoms with E-state index in [-0.39, 0.29) is 0 Å². The quantitative estimate of drug-likeness (QED) is 0.697. The molecule has 0 aliphatic heterocycles. The van der Waals surface area contributed by atoms with Gasteiger partial charge in [-0.05, 0) is 30.0 Å². The predicted molar refractivity (Wildman–Crippen MR) is 75.0 cm³/mol. The Hall–Kier alpha value is -1.82. The Balaban J connectivity index is 2.44. The maximum Gasteiger partial charge on any atom is -0.0151 e. The van der Waals surface area contributed by atoms with E-state index in [0.717, 1.165) is 6.42 Å². The largest absolute Gasteiger partial charge is 0.0763 e. The van der Waals surface area contributed by atoms with Gasteiger partial charge in [-0.15, -0.1) is 0 Å². The predicted octanol–water partition coefficient (Wildman–Crippen LogP) is 4.84. The highest BCUT2D eigenvalue weighted by Crippen LogP contribution is 2.24. The number of allylic oxidation sites excluding steroid dienone is 1. The average Bonchev–Trinajstić information content (AvgIpc) is 2.38. The highest BCUT2D eigenvalue weighted by atomic mass is 14.1. The molecule has 0 N–H and O–H groups in total. The Morgan fingerprint density at radius 3 is 2.06 bits per heavy atom. The van der Waals surface area contributed by atoms with Gasteiger partial charge in [0.1, 0.15) is 0 Å². The second-order valence-corrected chi connectivity index (χ2v) is 4.26. The van der Waals surface area contributed by atoms with Crippen molar-refractivity contribution in [3.8, 4) is 0 Å². The Bertz CT molecular complexity index is 489. The van der Waals surface area contributed by atoms with Crippen LogP contribution in [0.15, 0.2) is 60.7 Å². The second kappa shape index (κ2) is 5.49. The van der Waals surface area contributed by atoms with Crippen molar-refractivity contribution in [2.24, 2.45) is 0 Å². The van der Waals surface area contributed by atoms with Crippen LogP contribution in [-0.4, -0.2) is 0 Å². The molecule has 0 heterocycles. The van der Waals surface area contributed by atoms with Crippen LogP contribution in [0, 0.1) is 6.92 Å². The van der Waals surface area contributed by atoms with Crippen LogP contribution in [0.5, 0.6) is 0 Å². The van der Waals surface area contributed by atoms with E-state index in [2.05, 4.69) is 74.5 Å². The molecule has 0 unspecified atom stereocenters. The van der Waals surface area contributed by atoms with E-state index in [0.29, 0.717) is 0 Å². The monoisotopic (exact) mass is 222 g/mol. The fraction of sp³-hybridized carbons (Fsp3) is 0.176. The van der Waals surface area contributed by atoms with Crippen LogP contribution in [0.2, 0.25) is 0 Å². The maximum absolute atomic E-state index is 2.29. The van der Waals surface area contributed by atoms with Crippen LogP contribution in [0.4, 0.5) is 0 Å². The molecule has 0 bridgehead atoms. The molecule has 0 fully saturated rings. The van der Waals surface area contributed by atoms with Gasteiger partial charge in [0.2, 0.25) is 0 Å². The zero-order valence-corrected chi connectivity index (χ0v) is 10.5. The van der Waals surface area contributed by atoms with Crippen LogP contribution < -0.4 is 0 Å². The third-order valence-corrected chi connectivity index (χ3v) is 2.86. The van der Waals surface area contributed by atoms with Gasteiger partial charge in [0, 0.05) is 0 Å². The van der Waals surface area contributed by atoms with Crippen LogP contribution in [0.25, 0.3) is 5.57 Å². The number of aryl methyl sites for hydroxylation is 1. The van der Waals surface area contributed by atoms with Gasteiger partial charge in [0.05, 0.1) is 0 Å². The summed E-state index contributed by atoms with van der Waals surface area (Å²) in [5, 5.41) is 0. The molecule has 0 amide bonds. The van der Waals surface area contributed by atoms with E-state index >= 15 is 0 Å². The molecule has 0 saturated heterocycles. The average molecular weight is 222 g/mol. The molecular formula is C17H18. The molecule has 0 aliphatic rings. The lowest BCUT2D eigenvalue weighted by Gasteiger charge is -2.08. The molecule has 0 nitrogen and oxygen atoms in total. The molecule has 0 atom stereocenters. The van der Waals surface area contributed by atoms with Crippen molar-refractivity contribution in [3.05, 3.63) is 77.4 Å². The molecule has 0 aromatic heterocycles. The third-order valence-electron chi connectivity index (χ3n) is 2.86. The standard InChI is InChI=1S/C17H18/c1-3-7-17(15-8-5-4-6-9-15)16-12-10-14(2)11-13-16/h4-13H,3H2,1-2H3/b17-7-. The van der Waals surface area contributed by atoms with Gasteiger partial charge in [-0.2, -0.15) is 0 Å². The summed E-state index contributed by atoms with van der Waals surface area (Å²) in [4.78, 5) is 0. The zero-order chi connectivity index (χ0) is 12.1. The van der Waals surface area contributed by atoms with Crippen molar-refractivity contribution >= 4 is 5.57 Å². The molecule has 0 radical (unpaired) electrons. The van der Waals surface area contributed by atoms with Crippen LogP contribution >= 0.6 is 0 Å².